The second-order valence-electron chi connectivity index (χ2n) is 5.69. The Labute approximate surface area is 122 Å². The lowest BCUT2D eigenvalue weighted by Gasteiger charge is -2.46. The van der Waals surface area contributed by atoms with Gasteiger partial charge in [-0.15, -0.1) is 0 Å². The molecule has 0 N–H and O–H groups in total. The Morgan fingerprint density at radius 2 is 2.00 bits per heavy atom. The summed E-state index contributed by atoms with van der Waals surface area (Å²) in [4.78, 5) is 22.2. The van der Waals surface area contributed by atoms with Crippen LogP contribution in [0.1, 0.15) is 10.5 Å². The van der Waals surface area contributed by atoms with E-state index in [2.05, 4.69) is 21.8 Å². The molecule has 2 aliphatic heterocycles. The number of carbonyl (C=O) groups is 1. The molecular weight excluding hydrogens is 278 g/mol. The van der Waals surface area contributed by atoms with Crippen LogP contribution >= 0.6 is 0 Å². The van der Waals surface area contributed by atoms with Gasteiger partial charge in [0.25, 0.3) is 5.91 Å². The highest BCUT2D eigenvalue weighted by Gasteiger charge is 2.34. The van der Waals surface area contributed by atoms with Gasteiger partial charge in [-0.05, 0) is 7.05 Å². The summed E-state index contributed by atoms with van der Waals surface area (Å²) in [6.07, 6.45) is 0.876. The predicted octanol–water partition coefficient (Wildman–Crippen LogP) is 0.432. The molecule has 0 aliphatic carbocycles. The molecule has 21 heavy (non-hydrogen) atoms. The molecule has 1 unspecified atom stereocenters. The van der Waals surface area contributed by atoms with Crippen LogP contribution in [0.15, 0.2) is 12.3 Å². The minimum absolute atomic E-state index is 0.268. The molecule has 1 aromatic heterocycles. The second-order valence-corrected chi connectivity index (χ2v) is 5.69. The lowest BCUT2D eigenvalue weighted by atomic mass is 10.1. The van der Waals surface area contributed by atoms with Crippen LogP contribution in [0.3, 0.4) is 0 Å². The Morgan fingerprint density at radius 3 is 2.76 bits per heavy atom. The molecule has 7 heteroatoms. The van der Waals surface area contributed by atoms with E-state index < -0.39 is 17.5 Å². The number of hydrogen-bond acceptors (Lipinski definition) is 4. The van der Waals surface area contributed by atoms with E-state index in [1.54, 1.807) is 4.90 Å². The predicted molar refractivity (Wildman–Crippen MR) is 72.9 cm³/mol. The standard InChI is InChI=1S/C14H18F2N4O/c1-18-2-3-19-4-5-20(9-11(19)8-18)14(21)13-12(16)6-10(15)7-17-13/h6-7,11H,2-5,8-9H2,1H3. The summed E-state index contributed by atoms with van der Waals surface area (Å²) in [6.45, 7) is 4.81. The number of hydrogen-bond donors (Lipinski definition) is 0. The molecular formula is C14H18F2N4O. The molecule has 5 nitrogen and oxygen atoms in total. The van der Waals surface area contributed by atoms with Gasteiger partial charge in [-0.2, -0.15) is 0 Å². The average Bonchev–Trinajstić information content (AvgIpc) is 2.46. The minimum atomic E-state index is -0.900. The molecule has 0 saturated carbocycles. The van der Waals surface area contributed by atoms with Gasteiger partial charge in [0.05, 0.1) is 6.20 Å². The Hall–Kier alpha value is -1.60. The Bertz CT molecular complexity index is 554. The largest absolute Gasteiger partial charge is 0.334 e. The molecule has 114 valence electrons. The van der Waals surface area contributed by atoms with Crippen LogP contribution in [0.25, 0.3) is 0 Å². The smallest absolute Gasteiger partial charge is 0.275 e. The first-order valence-corrected chi connectivity index (χ1v) is 7.07. The van der Waals surface area contributed by atoms with Crippen molar-refractivity contribution >= 4 is 5.91 Å². The number of nitrogens with zero attached hydrogens (tertiary/aromatic N) is 4. The highest BCUT2D eigenvalue weighted by Crippen LogP contribution is 2.17. The summed E-state index contributed by atoms with van der Waals surface area (Å²) in [7, 11) is 2.05. The summed E-state index contributed by atoms with van der Waals surface area (Å²) in [5.41, 5.74) is -0.297. The summed E-state index contributed by atoms with van der Waals surface area (Å²) in [5.74, 6) is -2.13. The van der Waals surface area contributed by atoms with Gasteiger partial charge in [0.2, 0.25) is 0 Å². The van der Waals surface area contributed by atoms with Crippen molar-refractivity contribution in [3.05, 3.63) is 29.6 Å². The lowest BCUT2D eigenvalue weighted by molar-refractivity contribution is 0.0184. The van der Waals surface area contributed by atoms with Crippen molar-refractivity contribution < 1.29 is 13.6 Å². The highest BCUT2D eigenvalue weighted by atomic mass is 19.1. The third-order valence-corrected chi connectivity index (χ3v) is 4.19. The molecule has 3 rings (SSSR count). The molecule has 2 saturated heterocycles. The number of likely N-dealkylation sites (N-methyl/N-ethyl adjacent to an activating group) is 1. The van der Waals surface area contributed by atoms with E-state index >= 15 is 0 Å². The van der Waals surface area contributed by atoms with E-state index in [0.717, 1.165) is 32.4 Å². The van der Waals surface area contributed by atoms with Crippen molar-refractivity contribution in [3.8, 4) is 0 Å². The molecule has 0 aromatic carbocycles. The van der Waals surface area contributed by atoms with E-state index in [9.17, 15) is 13.6 Å². The molecule has 1 aromatic rings. The van der Waals surface area contributed by atoms with E-state index in [-0.39, 0.29) is 11.7 Å². The van der Waals surface area contributed by atoms with Gasteiger partial charge in [-0.25, -0.2) is 13.8 Å². The molecule has 1 amide bonds. The third kappa shape index (κ3) is 2.89. The summed E-state index contributed by atoms with van der Waals surface area (Å²) < 4.78 is 26.6. The summed E-state index contributed by atoms with van der Waals surface area (Å²) in [5, 5.41) is 0. The Balaban J connectivity index is 1.73. The van der Waals surface area contributed by atoms with Crippen molar-refractivity contribution in [1.82, 2.24) is 19.7 Å². The zero-order valence-corrected chi connectivity index (χ0v) is 11.9. The van der Waals surface area contributed by atoms with Crippen molar-refractivity contribution in [2.45, 2.75) is 6.04 Å². The molecule has 0 bridgehead atoms. The number of amides is 1. The van der Waals surface area contributed by atoms with Gasteiger partial charge >= 0.3 is 0 Å². The van der Waals surface area contributed by atoms with Crippen molar-refractivity contribution in [2.75, 3.05) is 46.3 Å². The molecule has 1 atom stereocenters. The van der Waals surface area contributed by atoms with Gasteiger partial charge < -0.3 is 9.80 Å². The first-order valence-electron chi connectivity index (χ1n) is 7.07. The number of rotatable bonds is 1. The molecule has 3 heterocycles. The first-order chi connectivity index (χ1) is 10.0. The van der Waals surface area contributed by atoms with E-state index in [1.807, 2.05) is 0 Å². The monoisotopic (exact) mass is 296 g/mol. The van der Waals surface area contributed by atoms with Crippen LogP contribution in [-0.4, -0.2) is 77.9 Å². The van der Waals surface area contributed by atoms with E-state index in [1.165, 1.54) is 0 Å². The van der Waals surface area contributed by atoms with Crippen LogP contribution in [0.2, 0.25) is 0 Å². The van der Waals surface area contributed by atoms with E-state index in [4.69, 9.17) is 0 Å². The molecule has 2 fully saturated rings. The van der Waals surface area contributed by atoms with Gasteiger partial charge in [-0.3, -0.25) is 9.69 Å². The number of pyridine rings is 1. The maximum atomic E-state index is 13.7. The number of piperazine rings is 2. The fraction of sp³-hybridized carbons (Fsp3) is 0.571. The summed E-state index contributed by atoms with van der Waals surface area (Å²) >= 11 is 0. The first kappa shape index (κ1) is 14.3. The number of halogens is 2. The zero-order valence-electron chi connectivity index (χ0n) is 11.9. The van der Waals surface area contributed by atoms with Gasteiger partial charge in [0.15, 0.2) is 11.5 Å². The normalized spacial score (nSPS) is 24.0. The maximum absolute atomic E-state index is 13.7. The van der Waals surface area contributed by atoms with Gasteiger partial charge in [0, 0.05) is 51.4 Å². The fourth-order valence-electron chi connectivity index (χ4n) is 3.02. The molecule has 0 spiro atoms. The second kappa shape index (κ2) is 5.65. The van der Waals surface area contributed by atoms with E-state index in [0.29, 0.717) is 19.2 Å². The van der Waals surface area contributed by atoms with Crippen molar-refractivity contribution in [1.29, 1.82) is 0 Å². The van der Waals surface area contributed by atoms with Crippen LogP contribution in [-0.2, 0) is 0 Å². The van der Waals surface area contributed by atoms with Crippen LogP contribution in [0.4, 0.5) is 8.78 Å². The van der Waals surface area contributed by atoms with Gasteiger partial charge in [0.1, 0.15) is 5.82 Å². The quantitative estimate of drug-likeness (QED) is 0.753. The zero-order chi connectivity index (χ0) is 15.0. The summed E-state index contributed by atoms with van der Waals surface area (Å²) in [6, 6.07) is 0.968. The fourth-order valence-corrected chi connectivity index (χ4v) is 3.02. The minimum Gasteiger partial charge on any atom is -0.334 e. The average molecular weight is 296 g/mol. The third-order valence-electron chi connectivity index (χ3n) is 4.19. The number of fused-ring (bicyclic) bond motifs is 1. The maximum Gasteiger partial charge on any atom is 0.275 e. The lowest BCUT2D eigenvalue weighted by Crippen LogP contribution is -2.62. The van der Waals surface area contributed by atoms with Crippen LogP contribution in [0.5, 0.6) is 0 Å². The van der Waals surface area contributed by atoms with Crippen LogP contribution < -0.4 is 0 Å². The number of aromatic nitrogens is 1. The van der Waals surface area contributed by atoms with Crippen LogP contribution in [0, 0.1) is 11.6 Å². The number of carbonyl (C=O) groups excluding carboxylic acids is 1. The molecule has 0 radical (unpaired) electrons. The highest BCUT2D eigenvalue weighted by molar-refractivity contribution is 5.92. The molecule has 2 aliphatic rings. The topological polar surface area (TPSA) is 39.7 Å². The van der Waals surface area contributed by atoms with Crippen molar-refractivity contribution in [3.63, 3.8) is 0 Å². The Kier molecular flexibility index (Phi) is 3.86. The van der Waals surface area contributed by atoms with Gasteiger partial charge in [-0.1, -0.05) is 0 Å². The SMILES string of the molecule is CN1CCN2CCN(C(=O)c3ncc(F)cc3F)CC2C1. The Morgan fingerprint density at radius 1 is 1.24 bits per heavy atom. The van der Waals surface area contributed by atoms with Crippen molar-refractivity contribution in [2.24, 2.45) is 0 Å².